The van der Waals surface area contributed by atoms with E-state index < -0.39 is 6.10 Å². The van der Waals surface area contributed by atoms with E-state index in [9.17, 15) is 5.11 Å². The summed E-state index contributed by atoms with van der Waals surface area (Å²) in [6, 6.07) is 0. The number of hydrogen-bond donors (Lipinski definition) is 1. The first kappa shape index (κ1) is 6.54. The van der Waals surface area contributed by atoms with Gasteiger partial charge in [-0.1, -0.05) is 0 Å². The minimum Gasteiger partial charge on any atom is -0.490 e. The van der Waals surface area contributed by atoms with Crippen LogP contribution in [0.2, 0.25) is 0 Å². The summed E-state index contributed by atoms with van der Waals surface area (Å²) in [6.07, 6.45) is 3.12. The standard InChI is InChI=1S/C7H8N2O2/c10-5-1-2-11-6-3-8-4-9-7(5)6/h3-5,10H,1-2H2. The van der Waals surface area contributed by atoms with Crippen molar-refractivity contribution in [2.75, 3.05) is 6.61 Å². The molecule has 0 saturated carbocycles. The van der Waals surface area contributed by atoms with E-state index >= 15 is 0 Å². The molecule has 58 valence electrons. The van der Waals surface area contributed by atoms with Crippen molar-refractivity contribution in [3.8, 4) is 5.75 Å². The van der Waals surface area contributed by atoms with Crippen molar-refractivity contribution in [2.45, 2.75) is 12.5 Å². The molecule has 0 aromatic carbocycles. The summed E-state index contributed by atoms with van der Waals surface area (Å²) in [7, 11) is 0. The van der Waals surface area contributed by atoms with Gasteiger partial charge in [-0.05, 0) is 0 Å². The van der Waals surface area contributed by atoms with Gasteiger partial charge in [-0.2, -0.15) is 0 Å². The minimum absolute atomic E-state index is 0.484. The van der Waals surface area contributed by atoms with Crippen LogP contribution in [0.3, 0.4) is 0 Å². The summed E-state index contributed by atoms with van der Waals surface area (Å²) in [6.45, 7) is 0.543. The zero-order valence-electron chi connectivity index (χ0n) is 5.90. The Bertz CT molecular complexity index is 264. The molecule has 1 N–H and O–H groups in total. The number of rotatable bonds is 0. The molecule has 0 fully saturated rings. The van der Waals surface area contributed by atoms with Crippen LogP contribution in [0.4, 0.5) is 0 Å². The second-order valence-electron chi connectivity index (χ2n) is 2.43. The summed E-state index contributed by atoms with van der Waals surface area (Å²) < 4.78 is 5.21. The highest BCUT2D eigenvalue weighted by Gasteiger charge is 2.19. The van der Waals surface area contributed by atoms with Gasteiger partial charge in [0, 0.05) is 6.42 Å². The lowest BCUT2D eigenvalue weighted by Gasteiger charge is -2.19. The van der Waals surface area contributed by atoms with Gasteiger partial charge < -0.3 is 9.84 Å². The van der Waals surface area contributed by atoms with Crippen LogP contribution >= 0.6 is 0 Å². The molecular formula is C7H8N2O2. The molecule has 11 heavy (non-hydrogen) atoms. The Labute approximate surface area is 63.9 Å². The highest BCUT2D eigenvalue weighted by Crippen LogP contribution is 2.28. The Hall–Kier alpha value is -1.16. The summed E-state index contributed by atoms with van der Waals surface area (Å²) in [5.74, 6) is 0.603. The SMILES string of the molecule is OC1CCOc2cncnc21. The number of ether oxygens (including phenoxy) is 1. The Kier molecular flexibility index (Phi) is 1.47. The van der Waals surface area contributed by atoms with Crippen molar-refractivity contribution >= 4 is 0 Å². The van der Waals surface area contributed by atoms with Gasteiger partial charge in [-0.3, -0.25) is 0 Å². The summed E-state index contributed by atoms with van der Waals surface area (Å²) in [5, 5.41) is 9.39. The molecule has 1 aliphatic rings. The van der Waals surface area contributed by atoms with Crippen molar-refractivity contribution in [1.29, 1.82) is 0 Å². The van der Waals surface area contributed by atoms with Gasteiger partial charge in [0.2, 0.25) is 0 Å². The van der Waals surface area contributed by atoms with Gasteiger partial charge in [-0.25, -0.2) is 9.97 Å². The first-order valence-corrected chi connectivity index (χ1v) is 3.48. The first-order chi connectivity index (χ1) is 5.38. The largest absolute Gasteiger partial charge is 0.490 e. The van der Waals surface area contributed by atoms with E-state index in [1.807, 2.05) is 0 Å². The highest BCUT2D eigenvalue weighted by atomic mass is 16.5. The van der Waals surface area contributed by atoms with Gasteiger partial charge in [-0.15, -0.1) is 0 Å². The monoisotopic (exact) mass is 152 g/mol. The minimum atomic E-state index is -0.484. The second-order valence-corrected chi connectivity index (χ2v) is 2.43. The predicted octanol–water partition coefficient (Wildman–Crippen LogP) is 0.292. The average Bonchev–Trinajstić information content (AvgIpc) is 2.06. The molecule has 4 nitrogen and oxygen atoms in total. The van der Waals surface area contributed by atoms with E-state index in [0.717, 1.165) is 0 Å². The lowest BCUT2D eigenvalue weighted by Crippen LogP contribution is -2.15. The average molecular weight is 152 g/mol. The summed E-state index contributed by atoms with van der Waals surface area (Å²) in [5.41, 5.74) is 0.603. The topological polar surface area (TPSA) is 55.2 Å². The lowest BCUT2D eigenvalue weighted by atomic mass is 10.1. The van der Waals surface area contributed by atoms with Crippen molar-refractivity contribution in [1.82, 2.24) is 9.97 Å². The van der Waals surface area contributed by atoms with E-state index in [2.05, 4.69) is 9.97 Å². The molecule has 0 amide bonds. The highest BCUT2D eigenvalue weighted by molar-refractivity contribution is 5.26. The van der Waals surface area contributed by atoms with Crippen molar-refractivity contribution in [2.24, 2.45) is 0 Å². The van der Waals surface area contributed by atoms with Crippen LogP contribution in [-0.4, -0.2) is 21.7 Å². The summed E-state index contributed by atoms with van der Waals surface area (Å²) in [4.78, 5) is 7.70. The van der Waals surface area contributed by atoms with Gasteiger partial charge in [0.25, 0.3) is 0 Å². The van der Waals surface area contributed by atoms with Gasteiger partial charge in [0.05, 0.1) is 12.8 Å². The van der Waals surface area contributed by atoms with E-state index in [1.165, 1.54) is 6.33 Å². The van der Waals surface area contributed by atoms with E-state index in [4.69, 9.17) is 4.74 Å². The maximum absolute atomic E-state index is 9.39. The number of aliphatic hydroxyl groups excluding tert-OH is 1. The van der Waals surface area contributed by atoms with Crippen molar-refractivity contribution in [3.05, 3.63) is 18.2 Å². The fourth-order valence-electron chi connectivity index (χ4n) is 1.11. The van der Waals surface area contributed by atoms with Crippen LogP contribution in [0.15, 0.2) is 12.5 Å². The smallest absolute Gasteiger partial charge is 0.161 e. The number of aromatic nitrogens is 2. The van der Waals surface area contributed by atoms with Crippen LogP contribution in [0.1, 0.15) is 18.2 Å². The van der Waals surface area contributed by atoms with Crippen LogP contribution in [0, 0.1) is 0 Å². The maximum Gasteiger partial charge on any atom is 0.161 e. The molecule has 0 bridgehead atoms. The van der Waals surface area contributed by atoms with Crippen molar-refractivity contribution in [3.63, 3.8) is 0 Å². The molecule has 2 heterocycles. The first-order valence-electron chi connectivity index (χ1n) is 3.48. The zero-order chi connectivity index (χ0) is 7.68. The Morgan fingerprint density at radius 2 is 2.55 bits per heavy atom. The van der Waals surface area contributed by atoms with E-state index in [1.54, 1.807) is 6.20 Å². The molecule has 4 heteroatoms. The lowest BCUT2D eigenvalue weighted by molar-refractivity contribution is 0.110. The zero-order valence-corrected chi connectivity index (χ0v) is 5.90. The third-order valence-corrected chi connectivity index (χ3v) is 1.67. The third-order valence-electron chi connectivity index (χ3n) is 1.67. The van der Waals surface area contributed by atoms with Crippen LogP contribution < -0.4 is 4.74 Å². The molecule has 1 aliphatic heterocycles. The molecule has 0 spiro atoms. The van der Waals surface area contributed by atoms with E-state index in [-0.39, 0.29) is 0 Å². The van der Waals surface area contributed by atoms with Crippen molar-refractivity contribution < 1.29 is 9.84 Å². The molecular weight excluding hydrogens is 144 g/mol. The molecule has 1 unspecified atom stereocenters. The molecule has 2 rings (SSSR count). The molecule has 0 aliphatic carbocycles. The quantitative estimate of drug-likeness (QED) is 0.580. The number of fused-ring (bicyclic) bond motifs is 1. The van der Waals surface area contributed by atoms with Gasteiger partial charge in [0.1, 0.15) is 18.1 Å². The molecule has 1 atom stereocenters. The Morgan fingerprint density at radius 3 is 3.36 bits per heavy atom. The molecule has 1 aromatic rings. The Morgan fingerprint density at radius 1 is 1.64 bits per heavy atom. The van der Waals surface area contributed by atoms with Crippen LogP contribution in [-0.2, 0) is 0 Å². The van der Waals surface area contributed by atoms with Gasteiger partial charge in [0.15, 0.2) is 5.75 Å². The fraction of sp³-hybridized carbons (Fsp3) is 0.429. The predicted molar refractivity (Wildman–Crippen MR) is 37.1 cm³/mol. The number of hydrogen-bond acceptors (Lipinski definition) is 4. The number of nitrogens with zero attached hydrogens (tertiary/aromatic N) is 2. The van der Waals surface area contributed by atoms with Crippen LogP contribution in [0.25, 0.3) is 0 Å². The molecule has 0 radical (unpaired) electrons. The third kappa shape index (κ3) is 1.05. The van der Waals surface area contributed by atoms with Gasteiger partial charge >= 0.3 is 0 Å². The summed E-state index contributed by atoms with van der Waals surface area (Å²) >= 11 is 0. The molecule has 0 saturated heterocycles. The normalized spacial score (nSPS) is 22.1. The second kappa shape index (κ2) is 2.47. The van der Waals surface area contributed by atoms with Crippen LogP contribution in [0.5, 0.6) is 5.75 Å². The number of aliphatic hydroxyl groups is 1. The maximum atomic E-state index is 9.39. The Balaban J connectivity index is 2.44. The molecule has 1 aromatic heterocycles. The fourth-order valence-corrected chi connectivity index (χ4v) is 1.11. The van der Waals surface area contributed by atoms with E-state index in [0.29, 0.717) is 24.5 Å².